The summed E-state index contributed by atoms with van der Waals surface area (Å²) >= 11 is 1.55. The molecule has 1 fully saturated rings. The Hall–Kier alpha value is -3.00. The molecule has 2 aliphatic heterocycles. The number of methoxy groups -OCH3 is 1. The van der Waals surface area contributed by atoms with Crippen molar-refractivity contribution >= 4 is 35.0 Å². The lowest BCUT2D eigenvalue weighted by molar-refractivity contribution is -0.145. The molecule has 2 aromatic rings. The van der Waals surface area contributed by atoms with Gasteiger partial charge in [-0.15, -0.1) is 11.8 Å². The Balaban J connectivity index is 1.39. The summed E-state index contributed by atoms with van der Waals surface area (Å²) in [6.07, 6.45) is -0.295. The lowest BCUT2D eigenvalue weighted by Crippen LogP contribution is -2.48. The summed E-state index contributed by atoms with van der Waals surface area (Å²) in [7, 11) is 1.59. The number of nitrogens with one attached hydrogen (secondary N) is 1. The maximum atomic E-state index is 13.0. The van der Waals surface area contributed by atoms with E-state index >= 15 is 0 Å². The van der Waals surface area contributed by atoms with Crippen molar-refractivity contribution in [1.82, 2.24) is 4.90 Å². The summed E-state index contributed by atoms with van der Waals surface area (Å²) in [6, 6.07) is 16.2. The number of rotatable bonds is 5. The zero-order chi connectivity index (χ0) is 20.2. The van der Waals surface area contributed by atoms with E-state index in [4.69, 9.17) is 9.57 Å². The van der Waals surface area contributed by atoms with E-state index < -0.39 is 12.1 Å². The minimum absolute atomic E-state index is 0.209. The summed E-state index contributed by atoms with van der Waals surface area (Å²) in [5, 5.41) is 6.96. The largest absolute Gasteiger partial charge is 0.497 e. The molecule has 2 atom stereocenters. The number of carbonyl (C=O) groups is 2. The summed E-state index contributed by atoms with van der Waals surface area (Å²) in [5.74, 6) is 1.30. The van der Waals surface area contributed by atoms with Crippen LogP contribution in [0.2, 0.25) is 0 Å². The number of benzene rings is 2. The van der Waals surface area contributed by atoms with Crippen molar-refractivity contribution in [2.75, 3.05) is 24.1 Å². The van der Waals surface area contributed by atoms with E-state index in [1.807, 2.05) is 30.3 Å². The van der Waals surface area contributed by atoms with Crippen LogP contribution in [0, 0.1) is 0 Å². The molecule has 29 heavy (non-hydrogen) atoms. The minimum atomic E-state index is -0.694. The molecule has 4 rings (SSSR count). The van der Waals surface area contributed by atoms with Crippen LogP contribution >= 0.6 is 11.8 Å². The van der Waals surface area contributed by atoms with Gasteiger partial charge in [-0.1, -0.05) is 35.5 Å². The third-order valence-corrected chi connectivity index (χ3v) is 5.89. The first-order valence-electron chi connectivity index (χ1n) is 9.27. The Labute approximate surface area is 173 Å². The van der Waals surface area contributed by atoms with Crippen molar-refractivity contribution in [2.24, 2.45) is 5.16 Å². The molecule has 1 saturated heterocycles. The molecule has 0 saturated carbocycles. The zero-order valence-corrected chi connectivity index (χ0v) is 16.7. The molecule has 2 aromatic carbocycles. The summed E-state index contributed by atoms with van der Waals surface area (Å²) in [4.78, 5) is 32.7. The van der Waals surface area contributed by atoms with E-state index in [0.29, 0.717) is 29.5 Å². The molecule has 0 spiro atoms. The van der Waals surface area contributed by atoms with Crippen LogP contribution in [0.1, 0.15) is 12.0 Å². The van der Waals surface area contributed by atoms with Gasteiger partial charge in [0, 0.05) is 17.9 Å². The van der Waals surface area contributed by atoms with Crippen molar-refractivity contribution in [2.45, 2.75) is 18.6 Å². The average Bonchev–Trinajstić information content (AvgIpc) is 3.44. The minimum Gasteiger partial charge on any atom is -0.497 e. The molecule has 2 heterocycles. The summed E-state index contributed by atoms with van der Waals surface area (Å²) in [6.45, 7) is 0. The van der Waals surface area contributed by atoms with Crippen LogP contribution in [-0.2, 0) is 14.4 Å². The van der Waals surface area contributed by atoms with Crippen molar-refractivity contribution in [3.8, 4) is 5.75 Å². The van der Waals surface area contributed by atoms with E-state index in [9.17, 15) is 9.59 Å². The molecular formula is C21H21N3O4S. The fourth-order valence-electron chi connectivity index (χ4n) is 3.27. The highest BCUT2D eigenvalue weighted by Crippen LogP contribution is 2.27. The molecule has 2 aliphatic rings. The van der Waals surface area contributed by atoms with Gasteiger partial charge in [0.25, 0.3) is 5.91 Å². The number of hydrogen-bond acceptors (Lipinski definition) is 6. The van der Waals surface area contributed by atoms with E-state index in [-0.39, 0.29) is 11.8 Å². The predicted molar refractivity (Wildman–Crippen MR) is 112 cm³/mol. The smallest absolute Gasteiger partial charge is 0.268 e. The predicted octanol–water partition coefficient (Wildman–Crippen LogP) is 2.73. The standard InChI is InChI=1S/C21H21N3O4S/c1-27-16-9-7-15(8-10-16)22-20(25)18-12-29-13-24(18)21(26)19-11-17(23-28-19)14-5-3-2-4-6-14/h2-10,18-19H,11-13H2,1H3,(H,22,25). The quantitative estimate of drug-likeness (QED) is 0.818. The zero-order valence-electron chi connectivity index (χ0n) is 15.9. The molecule has 0 bridgehead atoms. The molecule has 2 unspecified atom stereocenters. The Morgan fingerprint density at radius 3 is 2.66 bits per heavy atom. The van der Waals surface area contributed by atoms with Crippen LogP contribution in [-0.4, -0.2) is 53.3 Å². The van der Waals surface area contributed by atoms with Crippen molar-refractivity contribution in [1.29, 1.82) is 0 Å². The third kappa shape index (κ3) is 4.22. The number of amides is 2. The highest BCUT2D eigenvalue weighted by atomic mass is 32.2. The Morgan fingerprint density at radius 1 is 1.17 bits per heavy atom. The highest BCUT2D eigenvalue weighted by Gasteiger charge is 2.40. The number of anilines is 1. The first-order valence-corrected chi connectivity index (χ1v) is 10.4. The Kier molecular flexibility index (Phi) is 5.71. The van der Waals surface area contributed by atoms with Gasteiger partial charge in [0.2, 0.25) is 12.0 Å². The molecule has 0 radical (unpaired) electrons. The van der Waals surface area contributed by atoms with Gasteiger partial charge in [-0.25, -0.2) is 0 Å². The normalized spacial score (nSPS) is 20.7. The number of ether oxygens (including phenoxy) is 1. The number of thioether (sulfide) groups is 1. The first-order chi connectivity index (χ1) is 14.2. The van der Waals surface area contributed by atoms with Gasteiger partial charge in [0.1, 0.15) is 11.8 Å². The molecule has 7 nitrogen and oxygen atoms in total. The molecule has 0 aromatic heterocycles. The van der Waals surface area contributed by atoms with Gasteiger partial charge in [0.15, 0.2) is 0 Å². The van der Waals surface area contributed by atoms with Crippen molar-refractivity contribution in [3.63, 3.8) is 0 Å². The van der Waals surface area contributed by atoms with Crippen LogP contribution in [0.5, 0.6) is 5.75 Å². The summed E-state index contributed by atoms with van der Waals surface area (Å²) < 4.78 is 5.13. The Morgan fingerprint density at radius 2 is 1.93 bits per heavy atom. The van der Waals surface area contributed by atoms with E-state index in [2.05, 4.69) is 10.5 Å². The van der Waals surface area contributed by atoms with Crippen LogP contribution < -0.4 is 10.1 Å². The van der Waals surface area contributed by atoms with Gasteiger partial charge >= 0.3 is 0 Å². The topological polar surface area (TPSA) is 80.2 Å². The molecule has 8 heteroatoms. The van der Waals surface area contributed by atoms with Crippen LogP contribution in [0.25, 0.3) is 0 Å². The lowest BCUT2D eigenvalue weighted by Gasteiger charge is -2.24. The lowest BCUT2D eigenvalue weighted by atomic mass is 10.0. The van der Waals surface area contributed by atoms with Gasteiger partial charge in [-0.2, -0.15) is 0 Å². The van der Waals surface area contributed by atoms with E-state index in [0.717, 1.165) is 11.3 Å². The molecule has 0 aliphatic carbocycles. The SMILES string of the molecule is COc1ccc(NC(=O)C2CSCN2C(=O)C2CC(c3ccccc3)=NO2)cc1. The molecular weight excluding hydrogens is 390 g/mol. The first kappa shape index (κ1) is 19.3. The van der Waals surface area contributed by atoms with Crippen LogP contribution in [0.15, 0.2) is 59.8 Å². The molecule has 150 valence electrons. The average molecular weight is 411 g/mol. The van der Waals surface area contributed by atoms with E-state index in [1.165, 1.54) is 0 Å². The second-order valence-electron chi connectivity index (χ2n) is 6.74. The maximum Gasteiger partial charge on any atom is 0.268 e. The number of nitrogens with zero attached hydrogens (tertiary/aromatic N) is 2. The van der Waals surface area contributed by atoms with E-state index in [1.54, 1.807) is 48.0 Å². The third-order valence-electron chi connectivity index (χ3n) is 4.88. The second-order valence-corrected chi connectivity index (χ2v) is 7.74. The van der Waals surface area contributed by atoms with Gasteiger partial charge in [-0.05, 0) is 29.8 Å². The molecule has 1 N–H and O–H groups in total. The summed E-state index contributed by atoms with van der Waals surface area (Å²) in [5.41, 5.74) is 2.34. The number of hydrogen-bond donors (Lipinski definition) is 1. The number of carbonyl (C=O) groups excluding carboxylic acids is 2. The van der Waals surface area contributed by atoms with Gasteiger partial charge in [-0.3, -0.25) is 9.59 Å². The second kappa shape index (κ2) is 8.57. The van der Waals surface area contributed by atoms with Gasteiger partial charge in [0.05, 0.1) is 18.7 Å². The van der Waals surface area contributed by atoms with Crippen molar-refractivity contribution < 1.29 is 19.2 Å². The fourth-order valence-corrected chi connectivity index (χ4v) is 4.44. The fraction of sp³-hybridized carbons (Fsp3) is 0.286. The highest BCUT2D eigenvalue weighted by molar-refractivity contribution is 7.99. The Bertz CT molecular complexity index is 917. The van der Waals surface area contributed by atoms with Crippen molar-refractivity contribution in [3.05, 3.63) is 60.2 Å². The number of oxime groups is 1. The van der Waals surface area contributed by atoms with Gasteiger partial charge < -0.3 is 19.8 Å². The maximum absolute atomic E-state index is 13.0. The monoisotopic (exact) mass is 411 g/mol. The van der Waals surface area contributed by atoms with Crippen LogP contribution in [0.3, 0.4) is 0 Å². The molecule has 2 amide bonds. The van der Waals surface area contributed by atoms with Crippen LogP contribution in [0.4, 0.5) is 5.69 Å².